The van der Waals surface area contributed by atoms with Crippen LogP contribution in [-0.4, -0.2) is 66.8 Å². The number of carbonyl (C=O) groups excluding carboxylic acids is 1. The Labute approximate surface area is 117 Å². The third kappa shape index (κ3) is 5.06. The van der Waals surface area contributed by atoms with Crippen LogP contribution < -0.4 is 5.32 Å². The van der Waals surface area contributed by atoms with Gasteiger partial charge in [0.1, 0.15) is 0 Å². The molecule has 0 aromatic rings. The van der Waals surface area contributed by atoms with Crippen molar-refractivity contribution >= 4 is 21.9 Å². The second kappa shape index (κ2) is 7.00. The lowest BCUT2D eigenvalue weighted by molar-refractivity contribution is -0.147. The maximum Gasteiger partial charge on any atom is 0.332 e. The fraction of sp³-hybridized carbons (Fsp3) is 0.818. The molecule has 1 aliphatic heterocycles. The number of carboxylic acid groups (broad SMARTS) is 1. The summed E-state index contributed by atoms with van der Waals surface area (Å²) < 4.78 is 24.0. The first-order chi connectivity index (χ1) is 9.21. The van der Waals surface area contributed by atoms with Gasteiger partial charge in [-0.25, -0.2) is 17.5 Å². The van der Waals surface area contributed by atoms with Crippen molar-refractivity contribution in [3.63, 3.8) is 0 Å². The van der Waals surface area contributed by atoms with E-state index in [9.17, 15) is 18.0 Å². The summed E-state index contributed by atoms with van der Waals surface area (Å²) in [6.45, 7) is 0.710. The molecule has 0 saturated carbocycles. The number of aliphatic hydroxyl groups is 1. The molecular weight excluding hydrogens is 288 g/mol. The molecule has 9 heteroatoms. The molecule has 0 aliphatic carbocycles. The van der Waals surface area contributed by atoms with Gasteiger partial charge < -0.3 is 15.5 Å². The second-order valence-corrected chi connectivity index (χ2v) is 6.85. The Balaban J connectivity index is 2.31. The summed E-state index contributed by atoms with van der Waals surface area (Å²) in [6, 6.07) is 0. The fourth-order valence-electron chi connectivity index (χ4n) is 2.05. The smallest absolute Gasteiger partial charge is 0.332 e. The minimum atomic E-state index is -3.21. The van der Waals surface area contributed by atoms with E-state index in [1.807, 2.05) is 0 Å². The average Bonchev–Trinajstić information content (AvgIpc) is 2.37. The number of carboxylic acids is 1. The molecule has 8 nitrogen and oxygen atoms in total. The van der Waals surface area contributed by atoms with E-state index < -0.39 is 22.1 Å². The van der Waals surface area contributed by atoms with Crippen molar-refractivity contribution < 1.29 is 28.2 Å². The van der Waals surface area contributed by atoms with Crippen molar-refractivity contribution in [3.05, 3.63) is 0 Å². The second-order valence-electron chi connectivity index (χ2n) is 4.87. The monoisotopic (exact) mass is 308 g/mol. The number of aliphatic carboxylic acids is 1. The minimum absolute atomic E-state index is 0.0523. The summed E-state index contributed by atoms with van der Waals surface area (Å²) in [5.74, 6) is -1.81. The number of nitrogens with zero attached hydrogens (tertiary/aromatic N) is 1. The lowest BCUT2D eigenvalue weighted by Gasteiger charge is -2.29. The van der Waals surface area contributed by atoms with Gasteiger partial charge >= 0.3 is 5.97 Å². The quantitative estimate of drug-likeness (QED) is 0.555. The van der Waals surface area contributed by atoms with Crippen LogP contribution >= 0.6 is 0 Å². The Hall–Kier alpha value is -1.19. The van der Waals surface area contributed by atoms with Crippen molar-refractivity contribution in [2.24, 2.45) is 5.92 Å². The molecule has 1 heterocycles. The highest BCUT2D eigenvalue weighted by Gasteiger charge is 2.28. The normalized spacial score (nSPS) is 19.5. The Morgan fingerprint density at radius 3 is 2.35 bits per heavy atom. The lowest BCUT2D eigenvalue weighted by atomic mass is 9.97. The van der Waals surface area contributed by atoms with E-state index in [-0.39, 0.29) is 24.8 Å². The largest absolute Gasteiger partial charge is 0.479 e. The third-order valence-corrected chi connectivity index (χ3v) is 4.60. The molecule has 3 N–H and O–H groups in total. The van der Waals surface area contributed by atoms with Crippen LogP contribution in [-0.2, 0) is 19.6 Å². The summed E-state index contributed by atoms with van der Waals surface area (Å²) in [6.07, 6.45) is 0.493. The predicted molar refractivity (Wildman–Crippen MR) is 70.4 cm³/mol. The van der Waals surface area contributed by atoms with Crippen molar-refractivity contribution in [1.82, 2.24) is 9.62 Å². The highest BCUT2D eigenvalue weighted by molar-refractivity contribution is 7.88. The van der Waals surface area contributed by atoms with Crippen molar-refractivity contribution in [3.8, 4) is 0 Å². The SMILES string of the molecule is CS(=O)(=O)N1CCC(C(=O)NCCC(O)C(=O)O)CC1. The maximum atomic E-state index is 11.8. The van der Waals surface area contributed by atoms with E-state index in [2.05, 4.69) is 5.32 Å². The van der Waals surface area contributed by atoms with Gasteiger partial charge in [0, 0.05) is 32.0 Å². The zero-order chi connectivity index (χ0) is 15.3. The molecule has 0 aromatic heterocycles. The first-order valence-corrected chi connectivity index (χ1v) is 8.20. The minimum Gasteiger partial charge on any atom is -0.479 e. The molecule has 1 amide bonds. The predicted octanol–water partition coefficient (Wildman–Crippen LogP) is -1.39. The summed E-state index contributed by atoms with van der Waals surface area (Å²) in [5.41, 5.74) is 0. The number of carbonyl (C=O) groups is 2. The summed E-state index contributed by atoms with van der Waals surface area (Å²) in [7, 11) is -3.21. The van der Waals surface area contributed by atoms with Gasteiger partial charge in [0.2, 0.25) is 15.9 Å². The van der Waals surface area contributed by atoms with Gasteiger partial charge in [-0.05, 0) is 12.8 Å². The Morgan fingerprint density at radius 2 is 1.90 bits per heavy atom. The highest BCUT2D eigenvalue weighted by Crippen LogP contribution is 2.19. The molecule has 116 valence electrons. The van der Waals surface area contributed by atoms with E-state index in [1.54, 1.807) is 0 Å². The Bertz CT molecular complexity index is 456. The van der Waals surface area contributed by atoms with E-state index >= 15 is 0 Å². The van der Waals surface area contributed by atoms with Crippen LogP contribution in [0.4, 0.5) is 0 Å². The number of hydrogen-bond acceptors (Lipinski definition) is 5. The molecule has 1 unspecified atom stereocenters. The summed E-state index contributed by atoms with van der Waals surface area (Å²) in [5, 5.41) is 20.1. The molecule has 1 saturated heterocycles. The van der Waals surface area contributed by atoms with E-state index in [4.69, 9.17) is 10.2 Å². The van der Waals surface area contributed by atoms with Crippen LogP contribution in [0.5, 0.6) is 0 Å². The zero-order valence-corrected chi connectivity index (χ0v) is 12.1. The van der Waals surface area contributed by atoms with Gasteiger partial charge in [0.15, 0.2) is 6.10 Å². The van der Waals surface area contributed by atoms with Gasteiger partial charge in [-0.15, -0.1) is 0 Å². The standard InChI is InChI=1S/C11H20N2O6S/c1-20(18,19)13-6-3-8(4-7-13)10(15)12-5-2-9(14)11(16)17/h8-9,14H,2-7H2,1H3,(H,12,15)(H,16,17). The van der Waals surface area contributed by atoms with Crippen LogP contribution in [0.2, 0.25) is 0 Å². The summed E-state index contributed by atoms with van der Waals surface area (Å²) >= 11 is 0. The van der Waals surface area contributed by atoms with Gasteiger partial charge in [0.05, 0.1) is 6.26 Å². The number of rotatable bonds is 6. The van der Waals surface area contributed by atoms with Crippen LogP contribution in [0.3, 0.4) is 0 Å². The van der Waals surface area contributed by atoms with Gasteiger partial charge in [-0.3, -0.25) is 4.79 Å². The topological polar surface area (TPSA) is 124 Å². The summed E-state index contributed by atoms with van der Waals surface area (Å²) in [4.78, 5) is 22.2. The molecule has 0 bridgehead atoms. The van der Waals surface area contributed by atoms with Crippen LogP contribution in [0.1, 0.15) is 19.3 Å². The number of nitrogens with one attached hydrogen (secondary N) is 1. The van der Waals surface area contributed by atoms with Crippen molar-refractivity contribution in [2.45, 2.75) is 25.4 Å². The number of amides is 1. The number of sulfonamides is 1. The molecule has 1 fully saturated rings. The molecule has 1 atom stereocenters. The van der Waals surface area contributed by atoms with Gasteiger partial charge in [-0.2, -0.15) is 0 Å². The first-order valence-electron chi connectivity index (χ1n) is 6.35. The molecule has 0 radical (unpaired) electrons. The molecule has 0 spiro atoms. The van der Waals surface area contributed by atoms with E-state index in [0.717, 1.165) is 6.26 Å². The van der Waals surface area contributed by atoms with Crippen molar-refractivity contribution in [1.29, 1.82) is 0 Å². The average molecular weight is 308 g/mol. The number of hydrogen-bond donors (Lipinski definition) is 3. The first kappa shape index (κ1) is 16.9. The van der Waals surface area contributed by atoms with Crippen LogP contribution in [0.15, 0.2) is 0 Å². The molecule has 1 rings (SSSR count). The van der Waals surface area contributed by atoms with Gasteiger partial charge in [-0.1, -0.05) is 0 Å². The number of aliphatic hydroxyl groups excluding tert-OH is 1. The third-order valence-electron chi connectivity index (χ3n) is 3.30. The number of piperidine rings is 1. The molecule has 0 aromatic carbocycles. The lowest BCUT2D eigenvalue weighted by Crippen LogP contribution is -2.43. The zero-order valence-electron chi connectivity index (χ0n) is 11.3. The Kier molecular flexibility index (Phi) is 5.90. The fourth-order valence-corrected chi connectivity index (χ4v) is 2.92. The molecule has 20 heavy (non-hydrogen) atoms. The van der Waals surface area contributed by atoms with Crippen molar-refractivity contribution in [2.75, 3.05) is 25.9 Å². The molecular formula is C11H20N2O6S. The highest BCUT2D eigenvalue weighted by atomic mass is 32.2. The van der Waals surface area contributed by atoms with Crippen LogP contribution in [0, 0.1) is 5.92 Å². The Morgan fingerprint density at radius 1 is 1.35 bits per heavy atom. The molecule has 1 aliphatic rings. The van der Waals surface area contributed by atoms with Gasteiger partial charge in [0.25, 0.3) is 0 Å². The maximum absolute atomic E-state index is 11.8. The van der Waals surface area contributed by atoms with E-state index in [1.165, 1.54) is 4.31 Å². The van der Waals surface area contributed by atoms with E-state index in [0.29, 0.717) is 25.9 Å². The van der Waals surface area contributed by atoms with Crippen LogP contribution in [0.25, 0.3) is 0 Å².